The van der Waals surface area contributed by atoms with Crippen LogP contribution < -0.4 is 10.2 Å². The van der Waals surface area contributed by atoms with Crippen LogP contribution in [0.2, 0.25) is 0 Å². The van der Waals surface area contributed by atoms with Crippen LogP contribution in [0.1, 0.15) is 40.2 Å². The van der Waals surface area contributed by atoms with Crippen molar-refractivity contribution in [2.75, 3.05) is 0 Å². The molecule has 1 aromatic carbocycles. The van der Waals surface area contributed by atoms with Crippen LogP contribution in [-0.4, -0.2) is 11.7 Å². The summed E-state index contributed by atoms with van der Waals surface area (Å²) in [5, 5.41) is 0.570. The molecule has 0 fully saturated rings. The summed E-state index contributed by atoms with van der Waals surface area (Å²) in [6, 6.07) is 7.23. The molecule has 2 heterocycles. The molecule has 0 amide bonds. The van der Waals surface area contributed by atoms with E-state index in [1.807, 2.05) is 52.8 Å². The number of ether oxygens (including phenoxy) is 2. The van der Waals surface area contributed by atoms with E-state index in [-0.39, 0.29) is 17.1 Å². The number of fused-ring (bicyclic) bond motifs is 2. The van der Waals surface area contributed by atoms with Crippen LogP contribution in [0.4, 0.5) is 0 Å². The summed E-state index contributed by atoms with van der Waals surface area (Å²) in [5.41, 5.74) is 0.173. The molecular formula is C19H22O4. The molecule has 122 valence electrons. The first-order chi connectivity index (χ1) is 10.7. The molecule has 0 unspecified atom stereocenters. The van der Waals surface area contributed by atoms with Crippen molar-refractivity contribution in [2.45, 2.75) is 51.7 Å². The number of benzene rings is 1. The maximum Gasteiger partial charge on any atom is 0.293 e. The van der Waals surface area contributed by atoms with Gasteiger partial charge in [0.2, 0.25) is 5.43 Å². The Labute approximate surface area is 135 Å². The Morgan fingerprint density at radius 3 is 2.65 bits per heavy atom. The van der Waals surface area contributed by atoms with E-state index in [0.29, 0.717) is 22.5 Å². The SMILES string of the molecule is C[C@H]1Oc2oc3ccccc3c(=O)c2[C@@]1(C)/C=C/OC(C)(C)C. The Balaban J connectivity index is 2.13. The predicted octanol–water partition coefficient (Wildman–Crippen LogP) is 4.16. The van der Waals surface area contributed by atoms with Crippen molar-refractivity contribution < 1.29 is 13.9 Å². The first kappa shape index (κ1) is 15.7. The molecule has 4 heteroatoms. The summed E-state index contributed by atoms with van der Waals surface area (Å²) < 4.78 is 17.3. The van der Waals surface area contributed by atoms with E-state index in [0.717, 1.165) is 0 Å². The summed E-state index contributed by atoms with van der Waals surface area (Å²) in [4.78, 5) is 12.9. The van der Waals surface area contributed by atoms with E-state index >= 15 is 0 Å². The molecule has 0 radical (unpaired) electrons. The molecule has 0 spiro atoms. The Bertz CT molecular complexity index is 825. The summed E-state index contributed by atoms with van der Waals surface area (Å²) in [6.45, 7) is 9.83. The highest BCUT2D eigenvalue weighted by molar-refractivity contribution is 5.78. The van der Waals surface area contributed by atoms with E-state index in [1.54, 1.807) is 18.4 Å². The number of hydrogen-bond donors (Lipinski definition) is 0. The molecule has 1 aliphatic heterocycles. The minimum atomic E-state index is -0.592. The molecule has 0 saturated carbocycles. The Morgan fingerprint density at radius 2 is 1.96 bits per heavy atom. The Kier molecular flexibility index (Phi) is 3.51. The standard InChI is InChI=1S/C19H22O4/c1-12-19(5,10-11-21-18(2,3)4)15-16(20)13-8-6-7-9-14(13)23-17(15)22-12/h6-12H,1-5H3/b11-10+/t12-,19+/m1/s1. The van der Waals surface area contributed by atoms with Crippen LogP contribution in [0.15, 0.2) is 45.8 Å². The van der Waals surface area contributed by atoms with Crippen molar-refractivity contribution >= 4 is 11.0 Å². The van der Waals surface area contributed by atoms with Crippen molar-refractivity contribution in [3.8, 4) is 5.95 Å². The summed E-state index contributed by atoms with van der Waals surface area (Å²) >= 11 is 0. The van der Waals surface area contributed by atoms with Gasteiger partial charge in [0.25, 0.3) is 5.95 Å². The third-order valence-electron chi connectivity index (χ3n) is 4.27. The monoisotopic (exact) mass is 314 g/mol. The topological polar surface area (TPSA) is 48.7 Å². The highest BCUT2D eigenvalue weighted by atomic mass is 16.6. The lowest BCUT2D eigenvalue weighted by molar-refractivity contribution is 0.0739. The second-order valence-electron chi connectivity index (χ2n) is 7.17. The Morgan fingerprint density at radius 1 is 1.26 bits per heavy atom. The summed E-state index contributed by atoms with van der Waals surface area (Å²) in [5.74, 6) is 0.309. The average Bonchev–Trinajstić information content (AvgIpc) is 2.69. The van der Waals surface area contributed by atoms with Gasteiger partial charge in [-0.3, -0.25) is 4.79 Å². The molecule has 0 bridgehead atoms. The molecule has 1 aliphatic rings. The third-order valence-corrected chi connectivity index (χ3v) is 4.27. The lowest BCUT2D eigenvalue weighted by Gasteiger charge is -2.24. The zero-order valence-corrected chi connectivity index (χ0v) is 14.2. The van der Waals surface area contributed by atoms with Gasteiger partial charge < -0.3 is 13.9 Å². The van der Waals surface area contributed by atoms with Crippen LogP contribution in [0.5, 0.6) is 5.95 Å². The van der Waals surface area contributed by atoms with Gasteiger partial charge in [0.05, 0.1) is 28.2 Å². The summed E-state index contributed by atoms with van der Waals surface area (Å²) in [7, 11) is 0. The first-order valence-electron chi connectivity index (χ1n) is 7.81. The van der Waals surface area contributed by atoms with Crippen molar-refractivity contribution in [1.82, 2.24) is 0 Å². The van der Waals surface area contributed by atoms with Crippen LogP contribution in [0.25, 0.3) is 11.0 Å². The highest BCUT2D eigenvalue weighted by Gasteiger charge is 2.45. The minimum Gasteiger partial charge on any atom is -0.496 e. The zero-order chi connectivity index (χ0) is 16.8. The van der Waals surface area contributed by atoms with Crippen LogP contribution in [-0.2, 0) is 10.2 Å². The molecule has 0 aliphatic carbocycles. The van der Waals surface area contributed by atoms with Gasteiger partial charge in [-0.2, -0.15) is 0 Å². The van der Waals surface area contributed by atoms with Gasteiger partial charge in [-0.25, -0.2) is 0 Å². The number of hydrogen-bond acceptors (Lipinski definition) is 4. The van der Waals surface area contributed by atoms with E-state index in [2.05, 4.69) is 0 Å². The quantitative estimate of drug-likeness (QED) is 0.781. The smallest absolute Gasteiger partial charge is 0.293 e. The fourth-order valence-corrected chi connectivity index (χ4v) is 2.75. The predicted molar refractivity (Wildman–Crippen MR) is 89.9 cm³/mol. The molecule has 4 nitrogen and oxygen atoms in total. The van der Waals surface area contributed by atoms with Crippen molar-refractivity contribution in [1.29, 1.82) is 0 Å². The maximum atomic E-state index is 12.9. The van der Waals surface area contributed by atoms with E-state index in [4.69, 9.17) is 13.9 Å². The van der Waals surface area contributed by atoms with E-state index in [9.17, 15) is 4.79 Å². The van der Waals surface area contributed by atoms with Gasteiger partial charge in [0, 0.05) is 0 Å². The molecule has 2 atom stereocenters. The normalized spacial score (nSPS) is 24.0. The fraction of sp³-hybridized carbons (Fsp3) is 0.421. The van der Waals surface area contributed by atoms with Crippen molar-refractivity contribution in [2.24, 2.45) is 0 Å². The molecule has 0 saturated heterocycles. The molecule has 0 N–H and O–H groups in total. The largest absolute Gasteiger partial charge is 0.496 e. The zero-order valence-electron chi connectivity index (χ0n) is 14.2. The lowest BCUT2D eigenvalue weighted by Crippen LogP contribution is -2.34. The molecule has 1 aromatic heterocycles. The van der Waals surface area contributed by atoms with Crippen LogP contribution in [0, 0.1) is 0 Å². The third kappa shape index (κ3) is 2.62. The van der Waals surface area contributed by atoms with Crippen LogP contribution in [0.3, 0.4) is 0 Å². The lowest BCUT2D eigenvalue weighted by atomic mass is 9.80. The molecule has 23 heavy (non-hydrogen) atoms. The average molecular weight is 314 g/mol. The minimum absolute atomic E-state index is 0.0471. The van der Waals surface area contributed by atoms with Gasteiger partial charge in [-0.15, -0.1) is 0 Å². The van der Waals surface area contributed by atoms with Crippen molar-refractivity contribution in [3.63, 3.8) is 0 Å². The Hall–Kier alpha value is -2.23. The fourth-order valence-electron chi connectivity index (χ4n) is 2.75. The van der Waals surface area contributed by atoms with Gasteiger partial charge >= 0.3 is 0 Å². The maximum absolute atomic E-state index is 12.9. The number of rotatable bonds is 2. The van der Waals surface area contributed by atoms with E-state index < -0.39 is 5.41 Å². The van der Waals surface area contributed by atoms with Gasteiger partial charge in [-0.1, -0.05) is 12.1 Å². The number of para-hydroxylation sites is 1. The highest BCUT2D eigenvalue weighted by Crippen LogP contribution is 2.43. The first-order valence-corrected chi connectivity index (χ1v) is 7.81. The van der Waals surface area contributed by atoms with Crippen molar-refractivity contribution in [3.05, 3.63) is 52.4 Å². The van der Waals surface area contributed by atoms with Crippen LogP contribution >= 0.6 is 0 Å². The van der Waals surface area contributed by atoms with Gasteiger partial charge in [0.15, 0.2) is 0 Å². The molecule has 3 rings (SSSR count). The molecular weight excluding hydrogens is 292 g/mol. The van der Waals surface area contributed by atoms with Gasteiger partial charge in [-0.05, 0) is 52.8 Å². The molecule has 2 aromatic rings. The second kappa shape index (κ2) is 5.15. The summed E-state index contributed by atoms with van der Waals surface area (Å²) in [6.07, 6.45) is 3.33. The van der Waals surface area contributed by atoms with Gasteiger partial charge in [0.1, 0.15) is 11.7 Å². The second-order valence-corrected chi connectivity index (χ2v) is 7.17. The van der Waals surface area contributed by atoms with E-state index in [1.165, 1.54) is 0 Å².